The van der Waals surface area contributed by atoms with Crippen molar-refractivity contribution in [1.29, 1.82) is 0 Å². The van der Waals surface area contributed by atoms with Crippen molar-refractivity contribution in [1.82, 2.24) is 10.5 Å². The average molecular weight is 337 g/mol. The van der Waals surface area contributed by atoms with Gasteiger partial charge in [-0.05, 0) is 45.0 Å². The summed E-state index contributed by atoms with van der Waals surface area (Å²) in [4.78, 5) is 11.6. The van der Waals surface area contributed by atoms with E-state index in [-0.39, 0.29) is 11.5 Å². The molecule has 5 nitrogen and oxygen atoms in total. The second-order valence-corrected chi connectivity index (χ2v) is 6.35. The van der Waals surface area contributed by atoms with Crippen molar-refractivity contribution < 1.29 is 14.1 Å². The van der Waals surface area contributed by atoms with E-state index in [1.54, 1.807) is 19.1 Å². The molecule has 2 rings (SSSR count). The number of rotatable bonds is 7. The van der Waals surface area contributed by atoms with Crippen molar-refractivity contribution in [2.45, 2.75) is 39.3 Å². The molecular weight excluding hydrogens is 316 g/mol. The smallest absolute Gasteiger partial charge is 0.307 e. The van der Waals surface area contributed by atoms with E-state index in [9.17, 15) is 4.79 Å². The summed E-state index contributed by atoms with van der Waals surface area (Å²) in [6, 6.07) is 9.24. The summed E-state index contributed by atoms with van der Waals surface area (Å²) in [5.74, 6) is 0.466. The van der Waals surface area contributed by atoms with E-state index in [1.165, 1.54) is 0 Å². The van der Waals surface area contributed by atoms with Crippen LogP contribution in [-0.2, 0) is 16.1 Å². The maximum absolute atomic E-state index is 11.6. The molecule has 0 saturated carbocycles. The zero-order valence-electron chi connectivity index (χ0n) is 13.6. The van der Waals surface area contributed by atoms with Crippen molar-refractivity contribution in [2.24, 2.45) is 0 Å². The molecular formula is C17H21ClN2O3. The molecule has 23 heavy (non-hydrogen) atoms. The largest absolute Gasteiger partial charge is 0.466 e. The van der Waals surface area contributed by atoms with Gasteiger partial charge in [-0.3, -0.25) is 4.79 Å². The summed E-state index contributed by atoms with van der Waals surface area (Å²) in [7, 11) is 0. The first-order chi connectivity index (χ1) is 10.9. The molecule has 0 amide bonds. The van der Waals surface area contributed by atoms with E-state index < -0.39 is 0 Å². The number of benzene rings is 1. The Labute approximate surface area is 141 Å². The minimum atomic E-state index is -0.383. The van der Waals surface area contributed by atoms with Crippen LogP contribution >= 0.6 is 11.6 Å². The third-order valence-electron chi connectivity index (χ3n) is 3.33. The van der Waals surface area contributed by atoms with Crippen LogP contribution in [0.5, 0.6) is 0 Å². The number of carbonyl (C=O) groups is 1. The fraction of sp³-hybridized carbons (Fsp3) is 0.412. The fourth-order valence-electron chi connectivity index (χ4n) is 2.11. The van der Waals surface area contributed by atoms with E-state index in [1.807, 2.05) is 32.0 Å². The molecule has 0 aliphatic carbocycles. The number of nitrogens with one attached hydrogen (secondary N) is 1. The summed E-state index contributed by atoms with van der Waals surface area (Å²) in [5.41, 5.74) is 1.30. The van der Waals surface area contributed by atoms with Gasteiger partial charge in [0.15, 0.2) is 5.76 Å². The number of esters is 1. The summed E-state index contributed by atoms with van der Waals surface area (Å²) in [6.45, 7) is 6.59. The van der Waals surface area contributed by atoms with Gasteiger partial charge in [-0.15, -0.1) is 0 Å². The Morgan fingerprint density at radius 2 is 2.04 bits per heavy atom. The standard InChI is InChI=1S/C17H21ClN2O3/c1-4-22-16(21)10-17(2,3)19-11-14-9-15(23-20-14)12-5-7-13(18)8-6-12/h5-9,19H,4,10-11H2,1-3H3. The summed E-state index contributed by atoms with van der Waals surface area (Å²) < 4.78 is 10.3. The number of carbonyl (C=O) groups excluding carboxylic acids is 1. The van der Waals surface area contributed by atoms with Crippen molar-refractivity contribution in [3.8, 4) is 11.3 Å². The van der Waals surface area contributed by atoms with E-state index in [0.717, 1.165) is 11.3 Å². The van der Waals surface area contributed by atoms with E-state index in [0.29, 0.717) is 30.4 Å². The summed E-state index contributed by atoms with van der Waals surface area (Å²) >= 11 is 5.87. The number of aromatic nitrogens is 1. The van der Waals surface area contributed by atoms with Crippen molar-refractivity contribution >= 4 is 17.6 Å². The minimum Gasteiger partial charge on any atom is -0.466 e. The van der Waals surface area contributed by atoms with Crippen LogP contribution in [0, 0.1) is 0 Å². The third-order valence-corrected chi connectivity index (χ3v) is 3.58. The lowest BCUT2D eigenvalue weighted by atomic mass is 10.0. The highest BCUT2D eigenvalue weighted by atomic mass is 35.5. The fourth-order valence-corrected chi connectivity index (χ4v) is 2.24. The van der Waals surface area contributed by atoms with Crippen LogP contribution in [0.4, 0.5) is 0 Å². The number of ether oxygens (including phenoxy) is 1. The molecule has 1 heterocycles. The molecule has 0 spiro atoms. The lowest BCUT2D eigenvalue weighted by molar-refractivity contribution is -0.144. The maximum Gasteiger partial charge on any atom is 0.307 e. The Morgan fingerprint density at radius 1 is 1.35 bits per heavy atom. The number of nitrogens with zero attached hydrogens (tertiary/aromatic N) is 1. The number of halogens is 1. The molecule has 0 unspecified atom stereocenters. The van der Waals surface area contributed by atoms with Crippen LogP contribution in [0.2, 0.25) is 5.02 Å². The monoisotopic (exact) mass is 336 g/mol. The van der Waals surface area contributed by atoms with E-state index in [2.05, 4.69) is 10.5 Å². The first-order valence-corrected chi connectivity index (χ1v) is 7.89. The first kappa shape index (κ1) is 17.5. The molecule has 1 aromatic heterocycles. The van der Waals surface area contributed by atoms with E-state index >= 15 is 0 Å². The number of hydrogen-bond acceptors (Lipinski definition) is 5. The van der Waals surface area contributed by atoms with Gasteiger partial charge in [0.2, 0.25) is 0 Å². The van der Waals surface area contributed by atoms with Gasteiger partial charge in [-0.25, -0.2) is 0 Å². The molecule has 0 radical (unpaired) electrons. The Balaban J connectivity index is 1.94. The SMILES string of the molecule is CCOC(=O)CC(C)(C)NCc1cc(-c2ccc(Cl)cc2)on1. The predicted molar refractivity (Wildman–Crippen MR) is 89.1 cm³/mol. The molecule has 2 aromatic rings. The highest BCUT2D eigenvalue weighted by Gasteiger charge is 2.22. The molecule has 1 aromatic carbocycles. The van der Waals surface area contributed by atoms with Crippen LogP contribution in [0.1, 0.15) is 32.9 Å². The van der Waals surface area contributed by atoms with E-state index in [4.69, 9.17) is 20.9 Å². The second kappa shape index (κ2) is 7.62. The summed E-state index contributed by atoms with van der Waals surface area (Å²) in [6.07, 6.45) is 0.294. The molecule has 0 aliphatic heterocycles. The van der Waals surface area contributed by atoms with Crippen molar-refractivity contribution in [2.75, 3.05) is 6.61 Å². The van der Waals surface area contributed by atoms with Gasteiger partial charge in [0.25, 0.3) is 0 Å². The van der Waals surface area contributed by atoms with Gasteiger partial charge >= 0.3 is 5.97 Å². The van der Waals surface area contributed by atoms with Crippen LogP contribution in [0.15, 0.2) is 34.9 Å². The Morgan fingerprint density at radius 3 is 2.70 bits per heavy atom. The molecule has 0 fully saturated rings. The third kappa shape index (κ3) is 5.37. The second-order valence-electron chi connectivity index (χ2n) is 5.91. The highest BCUT2D eigenvalue weighted by Crippen LogP contribution is 2.22. The quantitative estimate of drug-likeness (QED) is 0.779. The maximum atomic E-state index is 11.6. The van der Waals surface area contributed by atoms with Crippen LogP contribution in [0.25, 0.3) is 11.3 Å². The lowest BCUT2D eigenvalue weighted by Crippen LogP contribution is -2.41. The molecule has 124 valence electrons. The molecule has 0 bridgehead atoms. The molecule has 0 aliphatic rings. The van der Waals surface area contributed by atoms with Crippen LogP contribution < -0.4 is 5.32 Å². The van der Waals surface area contributed by atoms with Gasteiger partial charge < -0.3 is 14.6 Å². The molecule has 0 atom stereocenters. The topological polar surface area (TPSA) is 64.4 Å². The van der Waals surface area contributed by atoms with Gasteiger partial charge in [0.05, 0.1) is 18.7 Å². The normalized spacial score (nSPS) is 11.5. The van der Waals surface area contributed by atoms with Gasteiger partial charge in [-0.1, -0.05) is 16.8 Å². The van der Waals surface area contributed by atoms with Crippen molar-refractivity contribution in [3.63, 3.8) is 0 Å². The first-order valence-electron chi connectivity index (χ1n) is 7.52. The molecule has 1 N–H and O–H groups in total. The summed E-state index contributed by atoms with van der Waals surface area (Å²) in [5, 5.41) is 8.02. The van der Waals surface area contributed by atoms with Gasteiger partial charge in [0.1, 0.15) is 0 Å². The average Bonchev–Trinajstić information content (AvgIpc) is 2.95. The Hall–Kier alpha value is -1.85. The van der Waals surface area contributed by atoms with Gasteiger partial charge in [0, 0.05) is 28.7 Å². The van der Waals surface area contributed by atoms with Gasteiger partial charge in [-0.2, -0.15) is 0 Å². The van der Waals surface area contributed by atoms with Crippen LogP contribution in [-0.4, -0.2) is 23.3 Å². The highest BCUT2D eigenvalue weighted by molar-refractivity contribution is 6.30. The van der Waals surface area contributed by atoms with Crippen LogP contribution in [0.3, 0.4) is 0 Å². The zero-order valence-corrected chi connectivity index (χ0v) is 14.3. The predicted octanol–water partition coefficient (Wildman–Crippen LogP) is 3.82. The Bertz CT molecular complexity index is 650. The molecule has 0 saturated heterocycles. The number of hydrogen-bond donors (Lipinski definition) is 1. The zero-order chi connectivity index (χ0) is 16.9. The molecule has 6 heteroatoms. The minimum absolute atomic E-state index is 0.216. The Kier molecular flexibility index (Phi) is 5.80. The van der Waals surface area contributed by atoms with Crippen molar-refractivity contribution in [3.05, 3.63) is 41.0 Å². The lowest BCUT2D eigenvalue weighted by Gasteiger charge is -2.24.